The van der Waals surface area contributed by atoms with Gasteiger partial charge < -0.3 is 11.1 Å². The summed E-state index contributed by atoms with van der Waals surface area (Å²) in [5.41, 5.74) is 6.82. The zero-order chi connectivity index (χ0) is 14.9. The Labute approximate surface area is 128 Å². The summed E-state index contributed by atoms with van der Waals surface area (Å²) in [4.78, 5) is 17.1. The second-order valence-corrected chi connectivity index (χ2v) is 5.96. The fraction of sp³-hybridized carbons (Fsp3) is 0.312. The number of pyridine rings is 1. The van der Waals surface area contributed by atoms with Gasteiger partial charge in [-0.3, -0.25) is 9.78 Å². The van der Waals surface area contributed by atoms with Gasteiger partial charge in [0.05, 0.1) is 16.0 Å². The Morgan fingerprint density at radius 3 is 2.76 bits per heavy atom. The second kappa shape index (κ2) is 5.41. The number of hydrogen-bond donors (Lipinski definition) is 2. The number of amides is 1. The highest BCUT2D eigenvalue weighted by atomic mass is 32.1. The monoisotopic (exact) mass is 299 g/mol. The average Bonchev–Trinajstić information content (AvgIpc) is 2.96. The van der Waals surface area contributed by atoms with Gasteiger partial charge in [0.25, 0.3) is 5.91 Å². The number of nitrogens with one attached hydrogen (secondary N) is 1. The van der Waals surface area contributed by atoms with Crippen LogP contribution in [0.4, 0.5) is 0 Å². The van der Waals surface area contributed by atoms with Crippen LogP contribution in [0.3, 0.4) is 0 Å². The summed E-state index contributed by atoms with van der Waals surface area (Å²) in [6.45, 7) is 0. The van der Waals surface area contributed by atoms with E-state index in [-0.39, 0.29) is 5.91 Å². The zero-order valence-corrected chi connectivity index (χ0v) is 12.5. The molecule has 1 saturated carbocycles. The number of nitrogens with two attached hydrogens (primary N) is 1. The molecule has 1 aliphatic rings. The highest BCUT2D eigenvalue weighted by Crippen LogP contribution is 2.30. The molecule has 108 valence electrons. The Kier molecular flexibility index (Phi) is 3.59. The van der Waals surface area contributed by atoms with E-state index in [9.17, 15) is 4.79 Å². The zero-order valence-electron chi connectivity index (χ0n) is 11.6. The van der Waals surface area contributed by atoms with Crippen LogP contribution >= 0.6 is 12.2 Å². The van der Waals surface area contributed by atoms with Crippen molar-refractivity contribution in [2.24, 2.45) is 5.73 Å². The topological polar surface area (TPSA) is 68.0 Å². The van der Waals surface area contributed by atoms with E-state index in [0.717, 1.165) is 36.6 Å². The molecule has 0 spiro atoms. The molecule has 1 heterocycles. The SMILES string of the molecule is NC(=S)C1(NC(=O)c2ccc3ncccc3c2)CCCC1. The van der Waals surface area contributed by atoms with Crippen LogP contribution in [0.15, 0.2) is 36.5 Å². The Hall–Kier alpha value is -2.01. The van der Waals surface area contributed by atoms with E-state index in [1.54, 1.807) is 12.3 Å². The molecule has 1 aromatic carbocycles. The van der Waals surface area contributed by atoms with Crippen LogP contribution in [0.1, 0.15) is 36.0 Å². The van der Waals surface area contributed by atoms with E-state index in [1.807, 2.05) is 24.3 Å². The number of nitrogens with zero attached hydrogens (tertiary/aromatic N) is 1. The molecule has 1 aliphatic carbocycles. The van der Waals surface area contributed by atoms with Crippen molar-refractivity contribution in [3.05, 3.63) is 42.1 Å². The standard InChI is InChI=1S/C16H17N3OS/c17-15(21)16(7-1-2-8-16)19-14(20)12-5-6-13-11(10-12)4-3-9-18-13/h3-6,9-10H,1-2,7-8H2,(H2,17,21)(H,19,20). The summed E-state index contributed by atoms with van der Waals surface area (Å²) in [7, 11) is 0. The quantitative estimate of drug-likeness (QED) is 0.855. The molecule has 1 fully saturated rings. The fourth-order valence-corrected chi connectivity index (χ4v) is 3.17. The lowest BCUT2D eigenvalue weighted by Gasteiger charge is -2.29. The number of aromatic nitrogens is 1. The molecule has 0 atom stereocenters. The van der Waals surface area contributed by atoms with Crippen molar-refractivity contribution in [1.82, 2.24) is 10.3 Å². The van der Waals surface area contributed by atoms with Gasteiger partial charge in [-0.15, -0.1) is 0 Å². The minimum Gasteiger partial charge on any atom is -0.391 e. The Balaban J connectivity index is 1.88. The molecule has 0 unspecified atom stereocenters. The third-order valence-electron chi connectivity index (χ3n) is 4.15. The van der Waals surface area contributed by atoms with Crippen molar-refractivity contribution >= 4 is 34.0 Å². The molecule has 0 saturated heterocycles. The summed E-state index contributed by atoms with van der Waals surface area (Å²) in [6, 6.07) is 9.29. The third kappa shape index (κ3) is 2.61. The van der Waals surface area contributed by atoms with Gasteiger partial charge in [-0.05, 0) is 37.1 Å². The van der Waals surface area contributed by atoms with Crippen molar-refractivity contribution in [2.75, 3.05) is 0 Å². The van der Waals surface area contributed by atoms with Crippen molar-refractivity contribution in [2.45, 2.75) is 31.2 Å². The van der Waals surface area contributed by atoms with Gasteiger partial charge in [0.15, 0.2) is 0 Å². The summed E-state index contributed by atoms with van der Waals surface area (Å²) in [6.07, 6.45) is 5.47. The minimum atomic E-state index is -0.518. The summed E-state index contributed by atoms with van der Waals surface area (Å²) in [5, 5.41) is 3.99. The third-order valence-corrected chi connectivity index (χ3v) is 4.54. The van der Waals surface area contributed by atoms with Crippen LogP contribution < -0.4 is 11.1 Å². The van der Waals surface area contributed by atoms with E-state index in [0.29, 0.717) is 10.6 Å². The molecular weight excluding hydrogens is 282 g/mol. The number of carbonyl (C=O) groups is 1. The molecule has 1 amide bonds. The van der Waals surface area contributed by atoms with Gasteiger partial charge in [-0.2, -0.15) is 0 Å². The predicted molar refractivity (Wildman–Crippen MR) is 87.2 cm³/mol. The Morgan fingerprint density at radius 1 is 1.29 bits per heavy atom. The van der Waals surface area contributed by atoms with Gasteiger partial charge in [-0.25, -0.2) is 0 Å². The molecule has 3 rings (SSSR count). The van der Waals surface area contributed by atoms with Crippen LogP contribution in [0.5, 0.6) is 0 Å². The van der Waals surface area contributed by atoms with Crippen LogP contribution in [-0.2, 0) is 0 Å². The summed E-state index contributed by atoms with van der Waals surface area (Å²) < 4.78 is 0. The maximum Gasteiger partial charge on any atom is 0.252 e. The molecule has 0 radical (unpaired) electrons. The molecule has 3 N–H and O–H groups in total. The van der Waals surface area contributed by atoms with Gasteiger partial charge in [0.1, 0.15) is 0 Å². The van der Waals surface area contributed by atoms with Crippen LogP contribution in [0.2, 0.25) is 0 Å². The van der Waals surface area contributed by atoms with E-state index in [4.69, 9.17) is 18.0 Å². The number of fused-ring (bicyclic) bond motifs is 1. The Morgan fingerprint density at radius 2 is 2.05 bits per heavy atom. The fourth-order valence-electron chi connectivity index (χ4n) is 2.92. The van der Waals surface area contributed by atoms with Gasteiger partial charge in [0, 0.05) is 17.1 Å². The van der Waals surface area contributed by atoms with E-state index < -0.39 is 5.54 Å². The minimum absolute atomic E-state index is 0.129. The van der Waals surface area contributed by atoms with Gasteiger partial charge in [0.2, 0.25) is 0 Å². The second-order valence-electron chi connectivity index (χ2n) is 5.52. The Bertz CT molecular complexity index is 707. The molecule has 4 nitrogen and oxygen atoms in total. The van der Waals surface area contributed by atoms with E-state index >= 15 is 0 Å². The summed E-state index contributed by atoms with van der Waals surface area (Å²) >= 11 is 5.17. The number of rotatable bonds is 3. The first-order chi connectivity index (χ1) is 10.1. The average molecular weight is 299 g/mol. The number of carbonyl (C=O) groups excluding carboxylic acids is 1. The highest BCUT2D eigenvalue weighted by molar-refractivity contribution is 7.80. The first-order valence-corrected chi connectivity index (χ1v) is 7.49. The van der Waals surface area contributed by atoms with Gasteiger partial charge in [-0.1, -0.05) is 31.1 Å². The van der Waals surface area contributed by atoms with E-state index in [1.165, 1.54) is 0 Å². The maximum absolute atomic E-state index is 12.5. The van der Waals surface area contributed by atoms with E-state index in [2.05, 4.69) is 10.3 Å². The number of benzene rings is 1. The molecular formula is C16H17N3OS. The summed E-state index contributed by atoms with van der Waals surface area (Å²) in [5.74, 6) is -0.129. The van der Waals surface area contributed by atoms with Crippen LogP contribution in [0, 0.1) is 0 Å². The largest absolute Gasteiger partial charge is 0.391 e. The number of hydrogen-bond acceptors (Lipinski definition) is 3. The van der Waals surface area contributed by atoms with Gasteiger partial charge >= 0.3 is 0 Å². The lowest BCUT2D eigenvalue weighted by molar-refractivity contribution is 0.0924. The lowest BCUT2D eigenvalue weighted by atomic mass is 9.96. The first kappa shape index (κ1) is 13.9. The molecule has 21 heavy (non-hydrogen) atoms. The predicted octanol–water partition coefficient (Wildman–Crippen LogP) is 2.56. The van der Waals surface area contributed by atoms with Crippen molar-refractivity contribution < 1.29 is 4.79 Å². The van der Waals surface area contributed by atoms with Crippen molar-refractivity contribution in [3.8, 4) is 0 Å². The lowest BCUT2D eigenvalue weighted by Crippen LogP contribution is -2.54. The first-order valence-electron chi connectivity index (χ1n) is 7.08. The molecule has 1 aromatic heterocycles. The van der Waals surface area contributed by atoms with Crippen LogP contribution in [0.25, 0.3) is 10.9 Å². The molecule has 5 heteroatoms. The molecule has 0 bridgehead atoms. The van der Waals surface area contributed by atoms with Crippen LogP contribution in [-0.4, -0.2) is 21.4 Å². The van der Waals surface area contributed by atoms with Crippen molar-refractivity contribution in [1.29, 1.82) is 0 Å². The molecule has 2 aromatic rings. The smallest absolute Gasteiger partial charge is 0.252 e. The van der Waals surface area contributed by atoms with Crippen molar-refractivity contribution in [3.63, 3.8) is 0 Å². The molecule has 0 aliphatic heterocycles. The highest BCUT2D eigenvalue weighted by Gasteiger charge is 2.38. The maximum atomic E-state index is 12.5. The normalized spacial score (nSPS) is 16.8. The number of thiocarbonyl (C=S) groups is 1.